The number of anilines is 4. The van der Waals surface area contributed by atoms with Gasteiger partial charge in [0.1, 0.15) is 23.3 Å². The van der Waals surface area contributed by atoms with Crippen LogP contribution >= 0.6 is 0 Å². The second kappa shape index (κ2) is 6.75. The van der Waals surface area contributed by atoms with Crippen molar-refractivity contribution < 1.29 is 4.39 Å². The first kappa shape index (κ1) is 15.4. The van der Waals surface area contributed by atoms with Gasteiger partial charge in [0.2, 0.25) is 0 Å². The first-order valence-corrected chi connectivity index (χ1v) is 7.28. The minimum absolute atomic E-state index is 0.341. The lowest BCUT2D eigenvalue weighted by Crippen LogP contribution is -2.02. The largest absolute Gasteiger partial charge is 0.340 e. The van der Waals surface area contributed by atoms with Crippen LogP contribution in [0.3, 0.4) is 0 Å². The van der Waals surface area contributed by atoms with Crippen molar-refractivity contribution in [2.24, 2.45) is 0 Å². The Balaban J connectivity index is 1.86. The van der Waals surface area contributed by atoms with Gasteiger partial charge in [-0.3, -0.25) is 0 Å². The van der Waals surface area contributed by atoms with Crippen LogP contribution in [0.4, 0.5) is 27.4 Å². The summed E-state index contributed by atoms with van der Waals surface area (Å²) in [5.41, 5.74) is 1.63. The zero-order chi connectivity index (χ0) is 16.9. The molecule has 0 aliphatic carbocycles. The van der Waals surface area contributed by atoms with E-state index in [4.69, 9.17) is 5.26 Å². The lowest BCUT2D eigenvalue weighted by Gasteiger charge is -2.11. The molecule has 0 bridgehead atoms. The fourth-order valence-corrected chi connectivity index (χ4v) is 2.21. The zero-order valence-electron chi connectivity index (χ0n) is 12.9. The second-order valence-electron chi connectivity index (χ2n) is 5.11. The molecule has 1 heterocycles. The molecule has 0 radical (unpaired) electrons. The van der Waals surface area contributed by atoms with E-state index in [0.717, 1.165) is 5.69 Å². The fourth-order valence-electron chi connectivity index (χ4n) is 2.21. The highest BCUT2D eigenvalue weighted by molar-refractivity contribution is 5.64. The number of hydrogen-bond acceptors (Lipinski definition) is 5. The number of benzene rings is 2. The molecule has 24 heavy (non-hydrogen) atoms. The summed E-state index contributed by atoms with van der Waals surface area (Å²) in [4.78, 5) is 8.57. The number of hydrogen-bond donors (Lipinski definition) is 2. The van der Waals surface area contributed by atoms with Crippen LogP contribution in [0.2, 0.25) is 0 Å². The molecule has 5 nitrogen and oxygen atoms in total. The third-order valence-electron chi connectivity index (χ3n) is 3.24. The summed E-state index contributed by atoms with van der Waals surface area (Å²) in [6.45, 7) is 1.75. The lowest BCUT2D eigenvalue weighted by molar-refractivity contribution is 0.632. The molecule has 0 amide bonds. The SMILES string of the molecule is Cc1nc(Nc2cccc(C#N)c2)cc(Nc2ccccc2F)n1. The maximum atomic E-state index is 13.8. The van der Waals surface area contributed by atoms with Crippen LogP contribution in [0.15, 0.2) is 54.6 Å². The Morgan fingerprint density at radius 1 is 0.958 bits per heavy atom. The Kier molecular flexibility index (Phi) is 4.34. The standard InChI is InChI=1S/C18H14FN5/c1-12-21-17(23-14-6-4-5-13(9-14)11-20)10-18(22-12)24-16-8-3-2-7-15(16)19/h2-10H,1H3,(H2,21,22,23,24). The van der Waals surface area contributed by atoms with E-state index in [-0.39, 0.29) is 5.82 Å². The van der Waals surface area contributed by atoms with Gasteiger partial charge in [-0.05, 0) is 37.3 Å². The van der Waals surface area contributed by atoms with Crippen LogP contribution in [0.5, 0.6) is 0 Å². The monoisotopic (exact) mass is 319 g/mol. The minimum Gasteiger partial charge on any atom is -0.340 e. The van der Waals surface area contributed by atoms with Crippen molar-refractivity contribution >= 4 is 23.0 Å². The number of rotatable bonds is 4. The highest BCUT2D eigenvalue weighted by atomic mass is 19.1. The van der Waals surface area contributed by atoms with Crippen molar-refractivity contribution in [2.45, 2.75) is 6.92 Å². The molecule has 1 aromatic heterocycles. The predicted octanol–water partition coefficient (Wildman–Crippen LogP) is 4.28. The van der Waals surface area contributed by atoms with Crippen LogP contribution in [0, 0.1) is 24.1 Å². The minimum atomic E-state index is -0.356. The molecule has 0 saturated carbocycles. The van der Waals surface area contributed by atoms with Crippen LogP contribution in [-0.2, 0) is 0 Å². The molecule has 3 rings (SSSR count). The number of aromatic nitrogens is 2. The van der Waals surface area contributed by atoms with Crippen molar-refractivity contribution in [1.29, 1.82) is 5.26 Å². The fraction of sp³-hybridized carbons (Fsp3) is 0.0556. The number of nitrogens with zero attached hydrogens (tertiary/aromatic N) is 3. The van der Waals surface area contributed by atoms with Gasteiger partial charge in [0, 0.05) is 11.8 Å². The van der Waals surface area contributed by atoms with Gasteiger partial charge >= 0.3 is 0 Å². The summed E-state index contributed by atoms with van der Waals surface area (Å²) in [7, 11) is 0. The Bertz CT molecular complexity index is 917. The first-order chi connectivity index (χ1) is 11.6. The molecule has 2 N–H and O–H groups in total. The van der Waals surface area contributed by atoms with Crippen molar-refractivity contribution in [1.82, 2.24) is 9.97 Å². The van der Waals surface area contributed by atoms with Crippen LogP contribution in [-0.4, -0.2) is 9.97 Å². The molecule has 3 aromatic rings. The van der Waals surface area contributed by atoms with E-state index >= 15 is 0 Å². The van der Waals surface area contributed by atoms with E-state index in [0.29, 0.717) is 28.7 Å². The van der Waals surface area contributed by atoms with E-state index in [1.165, 1.54) is 6.07 Å². The van der Waals surface area contributed by atoms with Crippen LogP contribution < -0.4 is 10.6 Å². The van der Waals surface area contributed by atoms with Gasteiger partial charge in [-0.15, -0.1) is 0 Å². The van der Waals surface area contributed by atoms with Crippen LogP contribution in [0.25, 0.3) is 0 Å². The van der Waals surface area contributed by atoms with E-state index in [1.807, 2.05) is 6.07 Å². The Morgan fingerprint density at radius 2 is 1.71 bits per heavy atom. The van der Waals surface area contributed by atoms with Crippen molar-refractivity contribution in [2.75, 3.05) is 10.6 Å². The molecule has 0 aliphatic rings. The topological polar surface area (TPSA) is 73.6 Å². The number of nitrogens with one attached hydrogen (secondary N) is 2. The maximum absolute atomic E-state index is 13.8. The quantitative estimate of drug-likeness (QED) is 0.750. The normalized spacial score (nSPS) is 10.0. The lowest BCUT2D eigenvalue weighted by atomic mass is 10.2. The van der Waals surface area contributed by atoms with Gasteiger partial charge in [-0.1, -0.05) is 18.2 Å². The van der Waals surface area contributed by atoms with E-state index in [2.05, 4.69) is 26.7 Å². The molecular weight excluding hydrogens is 305 g/mol. The average Bonchev–Trinajstić information content (AvgIpc) is 2.56. The molecule has 2 aromatic carbocycles. The Labute approximate surface area is 138 Å². The van der Waals surface area contributed by atoms with Crippen molar-refractivity contribution in [3.63, 3.8) is 0 Å². The van der Waals surface area contributed by atoms with E-state index in [1.54, 1.807) is 49.4 Å². The number of aryl methyl sites for hydroxylation is 1. The summed E-state index contributed by atoms with van der Waals surface area (Å²) >= 11 is 0. The molecule has 0 saturated heterocycles. The highest BCUT2D eigenvalue weighted by Crippen LogP contribution is 2.22. The molecule has 0 fully saturated rings. The molecule has 118 valence electrons. The van der Waals surface area contributed by atoms with Gasteiger partial charge in [0.05, 0.1) is 17.3 Å². The molecule has 0 aliphatic heterocycles. The Hall–Kier alpha value is -3.46. The van der Waals surface area contributed by atoms with Gasteiger partial charge in [0.15, 0.2) is 0 Å². The molecule has 0 unspecified atom stereocenters. The third-order valence-corrected chi connectivity index (χ3v) is 3.24. The molecule has 0 atom stereocenters. The summed E-state index contributed by atoms with van der Waals surface area (Å²) in [6, 6.07) is 17.2. The van der Waals surface area contributed by atoms with E-state index in [9.17, 15) is 4.39 Å². The summed E-state index contributed by atoms with van der Waals surface area (Å²) < 4.78 is 13.8. The third kappa shape index (κ3) is 3.65. The molecular formula is C18H14FN5. The van der Waals surface area contributed by atoms with Crippen molar-refractivity contribution in [3.8, 4) is 6.07 Å². The second-order valence-corrected chi connectivity index (χ2v) is 5.11. The van der Waals surface area contributed by atoms with Gasteiger partial charge in [0.25, 0.3) is 0 Å². The highest BCUT2D eigenvalue weighted by Gasteiger charge is 2.06. The summed E-state index contributed by atoms with van der Waals surface area (Å²) in [5, 5.41) is 15.0. The number of para-hydroxylation sites is 1. The number of halogens is 1. The smallest absolute Gasteiger partial charge is 0.146 e. The van der Waals surface area contributed by atoms with Gasteiger partial charge in [-0.25, -0.2) is 14.4 Å². The number of nitriles is 1. The summed E-state index contributed by atoms with van der Waals surface area (Å²) in [5.74, 6) is 1.21. The summed E-state index contributed by atoms with van der Waals surface area (Å²) in [6.07, 6.45) is 0. The first-order valence-electron chi connectivity index (χ1n) is 7.28. The zero-order valence-corrected chi connectivity index (χ0v) is 12.9. The average molecular weight is 319 g/mol. The van der Waals surface area contributed by atoms with Gasteiger partial charge in [-0.2, -0.15) is 5.26 Å². The maximum Gasteiger partial charge on any atom is 0.146 e. The van der Waals surface area contributed by atoms with E-state index < -0.39 is 0 Å². The molecule has 0 spiro atoms. The van der Waals surface area contributed by atoms with Crippen molar-refractivity contribution in [3.05, 3.63) is 71.8 Å². The molecule has 6 heteroatoms. The van der Waals surface area contributed by atoms with Gasteiger partial charge < -0.3 is 10.6 Å². The predicted molar refractivity (Wildman–Crippen MR) is 90.9 cm³/mol. The van der Waals surface area contributed by atoms with Crippen LogP contribution in [0.1, 0.15) is 11.4 Å². The Morgan fingerprint density at radius 3 is 2.46 bits per heavy atom.